The first-order valence-corrected chi connectivity index (χ1v) is 6.39. The summed E-state index contributed by atoms with van der Waals surface area (Å²) in [4.78, 5) is 15.8. The molecule has 0 aliphatic rings. The summed E-state index contributed by atoms with van der Waals surface area (Å²) in [6.45, 7) is 2.63. The highest BCUT2D eigenvalue weighted by molar-refractivity contribution is 5.93. The zero-order valence-corrected chi connectivity index (χ0v) is 11.3. The number of nitriles is 1. The first-order chi connectivity index (χ1) is 9.70. The second-order valence-electron chi connectivity index (χ2n) is 4.48. The lowest BCUT2D eigenvalue weighted by atomic mass is 10.1. The molecule has 1 aromatic carbocycles. The molecule has 0 atom stereocenters. The van der Waals surface area contributed by atoms with Gasteiger partial charge in [-0.15, -0.1) is 0 Å². The van der Waals surface area contributed by atoms with E-state index in [0.717, 1.165) is 6.42 Å². The number of nitrogens with zero attached hydrogens (tertiary/aromatic N) is 2. The first kappa shape index (κ1) is 13.8. The smallest absolute Gasteiger partial charge is 0.252 e. The van der Waals surface area contributed by atoms with Crippen molar-refractivity contribution in [2.24, 2.45) is 0 Å². The number of pyridine rings is 1. The minimum Gasteiger partial charge on any atom is -0.352 e. The van der Waals surface area contributed by atoms with Crippen molar-refractivity contribution < 1.29 is 4.79 Å². The molecular weight excluding hydrogens is 250 g/mol. The highest BCUT2D eigenvalue weighted by Crippen LogP contribution is 2.07. The molecule has 1 aromatic heterocycles. The van der Waals surface area contributed by atoms with Crippen molar-refractivity contribution in [2.75, 3.05) is 6.54 Å². The number of benzene rings is 1. The van der Waals surface area contributed by atoms with Gasteiger partial charge >= 0.3 is 0 Å². The van der Waals surface area contributed by atoms with Crippen LogP contribution in [-0.4, -0.2) is 17.4 Å². The van der Waals surface area contributed by atoms with Crippen molar-refractivity contribution in [3.63, 3.8) is 0 Å². The van der Waals surface area contributed by atoms with Gasteiger partial charge in [0.25, 0.3) is 5.91 Å². The number of hydrogen-bond acceptors (Lipinski definition) is 3. The maximum absolute atomic E-state index is 11.9. The number of aromatic nitrogens is 1. The number of carbonyl (C=O) groups excluding carboxylic acids is 1. The molecule has 0 aliphatic heterocycles. The fraction of sp³-hybridized carbons (Fsp3) is 0.188. The van der Waals surface area contributed by atoms with Gasteiger partial charge < -0.3 is 5.32 Å². The van der Waals surface area contributed by atoms with Crippen LogP contribution in [0, 0.1) is 18.3 Å². The van der Waals surface area contributed by atoms with E-state index in [0.29, 0.717) is 17.8 Å². The van der Waals surface area contributed by atoms with E-state index in [4.69, 9.17) is 5.26 Å². The standard InChI is InChI=1S/C16H15N3O/c1-12-4-2-3-5-13(12)8-9-18-16(20)14-6-7-15(10-17)19-11-14/h2-7,11H,8-9H2,1H3,(H,18,20). The molecule has 0 saturated carbocycles. The molecule has 2 rings (SSSR count). The second kappa shape index (κ2) is 6.48. The van der Waals surface area contributed by atoms with E-state index in [1.54, 1.807) is 6.07 Å². The molecule has 0 spiro atoms. The average molecular weight is 265 g/mol. The molecule has 0 radical (unpaired) electrons. The molecule has 0 aliphatic carbocycles. The predicted molar refractivity (Wildman–Crippen MR) is 76.2 cm³/mol. The fourth-order valence-corrected chi connectivity index (χ4v) is 1.90. The summed E-state index contributed by atoms with van der Waals surface area (Å²) in [5.74, 6) is -0.171. The lowest BCUT2D eigenvalue weighted by Crippen LogP contribution is -2.26. The summed E-state index contributed by atoms with van der Waals surface area (Å²) in [7, 11) is 0. The topological polar surface area (TPSA) is 65.8 Å². The SMILES string of the molecule is Cc1ccccc1CCNC(=O)c1ccc(C#N)nc1. The molecular formula is C16H15N3O. The third kappa shape index (κ3) is 3.42. The number of amides is 1. The molecule has 1 N–H and O–H groups in total. The van der Waals surface area contributed by atoms with Crippen molar-refractivity contribution in [1.82, 2.24) is 10.3 Å². The van der Waals surface area contributed by atoms with E-state index in [2.05, 4.69) is 29.4 Å². The van der Waals surface area contributed by atoms with Crippen molar-refractivity contribution in [2.45, 2.75) is 13.3 Å². The van der Waals surface area contributed by atoms with Crippen LogP contribution in [0.5, 0.6) is 0 Å². The van der Waals surface area contributed by atoms with Crippen LogP contribution in [-0.2, 0) is 6.42 Å². The van der Waals surface area contributed by atoms with Crippen LogP contribution in [0.2, 0.25) is 0 Å². The van der Waals surface area contributed by atoms with E-state index in [9.17, 15) is 4.79 Å². The Morgan fingerprint density at radius 1 is 1.30 bits per heavy atom. The molecule has 0 unspecified atom stereocenters. The van der Waals surface area contributed by atoms with E-state index in [1.165, 1.54) is 23.4 Å². The Morgan fingerprint density at radius 3 is 2.75 bits per heavy atom. The molecule has 20 heavy (non-hydrogen) atoms. The van der Waals surface area contributed by atoms with Crippen LogP contribution >= 0.6 is 0 Å². The van der Waals surface area contributed by atoms with Gasteiger partial charge in [0.15, 0.2) is 0 Å². The minimum absolute atomic E-state index is 0.171. The number of hydrogen-bond donors (Lipinski definition) is 1. The van der Waals surface area contributed by atoms with Crippen LogP contribution in [0.3, 0.4) is 0 Å². The number of carbonyl (C=O) groups is 1. The highest BCUT2D eigenvalue weighted by atomic mass is 16.1. The van der Waals surface area contributed by atoms with Gasteiger partial charge in [-0.2, -0.15) is 5.26 Å². The quantitative estimate of drug-likeness (QED) is 0.922. The average Bonchev–Trinajstić information content (AvgIpc) is 2.49. The summed E-state index contributed by atoms with van der Waals surface area (Å²) in [6, 6.07) is 13.2. The predicted octanol–water partition coefficient (Wildman–Crippen LogP) is 2.23. The fourth-order valence-electron chi connectivity index (χ4n) is 1.90. The second-order valence-corrected chi connectivity index (χ2v) is 4.48. The molecule has 1 amide bonds. The molecule has 100 valence electrons. The van der Waals surface area contributed by atoms with Gasteiger partial charge in [-0.1, -0.05) is 24.3 Å². The van der Waals surface area contributed by atoms with Crippen LogP contribution in [0.25, 0.3) is 0 Å². The Hall–Kier alpha value is -2.67. The van der Waals surface area contributed by atoms with Crippen LogP contribution < -0.4 is 5.32 Å². The molecule has 0 fully saturated rings. The third-order valence-electron chi connectivity index (χ3n) is 3.08. The van der Waals surface area contributed by atoms with Crippen molar-refractivity contribution >= 4 is 5.91 Å². The Labute approximate surface area is 118 Å². The van der Waals surface area contributed by atoms with E-state index in [1.807, 2.05) is 18.2 Å². The lowest BCUT2D eigenvalue weighted by Gasteiger charge is -2.07. The summed E-state index contributed by atoms with van der Waals surface area (Å²) in [5, 5.41) is 11.5. The van der Waals surface area contributed by atoms with Crippen LogP contribution in [0.15, 0.2) is 42.6 Å². The van der Waals surface area contributed by atoms with Gasteiger partial charge in [-0.3, -0.25) is 4.79 Å². The number of aryl methyl sites for hydroxylation is 1. The number of rotatable bonds is 4. The molecule has 1 heterocycles. The van der Waals surface area contributed by atoms with Crippen LogP contribution in [0.4, 0.5) is 0 Å². The van der Waals surface area contributed by atoms with Crippen molar-refractivity contribution in [1.29, 1.82) is 5.26 Å². The summed E-state index contributed by atoms with van der Waals surface area (Å²) >= 11 is 0. The van der Waals surface area contributed by atoms with Gasteiger partial charge in [0.05, 0.1) is 5.56 Å². The van der Waals surface area contributed by atoms with Crippen LogP contribution in [0.1, 0.15) is 27.2 Å². The minimum atomic E-state index is -0.171. The molecule has 2 aromatic rings. The zero-order chi connectivity index (χ0) is 14.4. The molecule has 4 heteroatoms. The van der Waals surface area contributed by atoms with Crippen molar-refractivity contribution in [3.05, 3.63) is 65.0 Å². The maximum atomic E-state index is 11.9. The lowest BCUT2D eigenvalue weighted by molar-refractivity contribution is 0.0954. The Balaban J connectivity index is 1.89. The summed E-state index contributed by atoms with van der Waals surface area (Å²) in [6.07, 6.45) is 2.21. The van der Waals surface area contributed by atoms with E-state index in [-0.39, 0.29) is 5.91 Å². The van der Waals surface area contributed by atoms with Gasteiger partial charge in [0, 0.05) is 12.7 Å². The number of nitrogens with one attached hydrogen (secondary N) is 1. The first-order valence-electron chi connectivity index (χ1n) is 6.39. The molecule has 4 nitrogen and oxygen atoms in total. The monoisotopic (exact) mass is 265 g/mol. The maximum Gasteiger partial charge on any atom is 0.252 e. The third-order valence-corrected chi connectivity index (χ3v) is 3.08. The van der Waals surface area contributed by atoms with Gasteiger partial charge in [-0.05, 0) is 36.6 Å². The normalized spacial score (nSPS) is 9.80. The molecule has 0 saturated heterocycles. The summed E-state index contributed by atoms with van der Waals surface area (Å²) in [5.41, 5.74) is 3.22. The summed E-state index contributed by atoms with van der Waals surface area (Å²) < 4.78 is 0. The largest absolute Gasteiger partial charge is 0.352 e. The highest BCUT2D eigenvalue weighted by Gasteiger charge is 2.06. The molecule has 0 bridgehead atoms. The van der Waals surface area contributed by atoms with Gasteiger partial charge in [-0.25, -0.2) is 4.98 Å². The van der Waals surface area contributed by atoms with Gasteiger partial charge in [0.2, 0.25) is 0 Å². The Kier molecular flexibility index (Phi) is 4.46. The Bertz CT molecular complexity index is 642. The zero-order valence-electron chi connectivity index (χ0n) is 11.3. The van der Waals surface area contributed by atoms with E-state index >= 15 is 0 Å². The van der Waals surface area contributed by atoms with Crippen molar-refractivity contribution in [3.8, 4) is 6.07 Å². The van der Waals surface area contributed by atoms with Gasteiger partial charge in [0.1, 0.15) is 11.8 Å². The Morgan fingerprint density at radius 2 is 2.10 bits per heavy atom. The van der Waals surface area contributed by atoms with E-state index < -0.39 is 0 Å².